The van der Waals surface area contributed by atoms with Crippen LogP contribution in [0.15, 0.2) is 60.7 Å². The molecule has 152 valence electrons. The summed E-state index contributed by atoms with van der Waals surface area (Å²) in [4.78, 5) is 12.6. The van der Waals surface area contributed by atoms with Gasteiger partial charge in [-0.3, -0.25) is 0 Å². The molecule has 2 aromatic carbocycles. The molecule has 0 heterocycles. The Hall–Kier alpha value is -2.41. The molecule has 0 saturated carbocycles. The standard InChI is InChI=1S/C22H31N3O3/c1-22(2,3)28-21(27)25(24-15-18-12-8-5-9-13-18)16-20(26)19(23)14-17-10-6-4-7-11-17/h4-13,19-20,24,26H,14-16,23H2,1-3H3. The number of nitrogens with one attached hydrogen (secondary N) is 1. The quantitative estimate of drug-likeness (QED) is 0.608. The fourth-order valence-corrected chi connectivity index (χ4v) is 2.65. The summed E-state index contributed by atoms with van der Waals surface area (Å²) >= 11 is 0. The molecule has 0 aromatic heterocycles. The van der Waals surface area contributed by atoms with E-state index in [0.717, 1.165) is 11.1 Å². The van der Waals surface area contributed by atoms with E-state index in [2.05, 4.69) is 5.43 Å². The van der Waals surface area contributed by atoms with Gasteiger partial charge in [-0.05, 0) is 38.3 Å². The second-order valence-electron chi connectivity index (χ2n) is 7.83. The van der Waals surface area contributed by atoms with Crippen LogP contribution in [-0.4, -0.2) is 40.5 Å². The van der Waals surface area contributed by atoms with Crippen molar-refractivity contribution in [1.82, 2.24) is 10.4 Å². The Morgan fingerprint density at radius 1 is 1.07 bits per heavy atom. The van der Waals surface area contributed by atoms with Crippen LogP contribution in [-0.2, 0) is 17.7 Å². The van der Waals surface area contributed by atoms with Crippen molar-refractivity contribution in [2.45, 2.75) is 51.5 Å². The van der Waals surface area contributed by atoms with Gasteiger partial charge in [0.1, 0.15) is 5.60 Å². The Labute approximate surface area is 167 Å². The predicted molar refractivity (Wildman–Crippen MR) is 110 cm³/mol. The lowest BCUT2D eigenvalue weighted by molar-refractivity contribution is -0.00265. The van der Waals surface area contributed by atoms with Crippen molar-refractivity contribution in [3.8, 4) is 0 Å². The van der Waals surface area contributed by atoms with Crippen molar-refractivity contribution in [2.75, 3.05) is 6.54 Å². The number of aliphatic hydroxyl groups excluding tert-OH is 1. The van der Waals surface area contributed by atoms with Gasteiger partial charge >= 0.3 is 6.09 Å². The molecule has 0 aliphatic heterocycles. The lowest BCUT2D eigenvalue weighted by Gasteiger charge is -2.30. The van der Waals surface area contributed by atoms with Crippen LogP contribution in [0.1, 0.15) is 31.9 Å². The largest absolute Gasteiger partial charge is 0.443 e. The van der Waals surface area contributed by atoms with Crippen LogP contribution in [0.25, 0.3) is 0 Å². The highest BCUT2D eigenvalue weighted by atomic mass is 16.6. The molecule has 0 aliphatic rings. The van der Waals surface area contributed by atoms with Crippen molar-refractivity contribution < 1.29 is 14.6 Å². The predicted octanol–water partition coefficient (Wildman–Crippen LogP) is 2.86. The molecule has 0 saturated heterocycles. The SMILES string of the molecule is CC(C)(C)OC(=O)N(CC(O)C(N)Cc1ccccc1)NCc1ccccc1. The van der Waals surface area contributed by atoms with Crippen molar-refractivity contribution >= 4 is 6.09 Å². The van der Waals surface area contributed by atoms with E-state index < -0.39 is 23.8 Å². The van der Waals surface area contributed by atoms with Gasteiger partial charge in [0.15, 0.2) is 0 Å². The average molecular weight is 386 g/mol. The molecule has 0 fully saturated rings. The molecule has 6 nitrogen and oxygen atoms in total. The number of carbonyl (C=O) groups excluding carboxylic acids is 1. The summed E-state index contributed by atoms with van der Waals surface area (Å²) < 4.78 is 5.46. The minimum absolute atomic E-state index is 0.0236. The molecular weight excluding hydrogens is 354 g/mol. The van der Waals surface area contributed by atoms with Crippen molar-refractivity contribution in [3.63, 3.8) is 0 Å². The molecule has 0 aliphatic carbocycles. The number of carbonyl (C=O) groups is 1. The van der Waals surface area contributed by atoms with Gasteiger partial charge in [-0.2, -0.15) is 0 Å². The third-order valence-corrected chi connectivity index (χ3v) is 4.11. The van der Waals surface area contributed by atoms with E-state index in [4.69, 9.17) is 10.5 Å². The summed E-state index contributed by atoms with van der Waals surface area (Å²) in [5.41, 5.74) is 10.6. The van der Waals surface area contributed by atoms with Gasteiger partial charge < -0.3 is 15.6 Å². The molecule has 1 amide bonds. The fourth-order valence-electron chi connectivity index (χ4n) is 2.65. The number of benzene rings is 2. The number of ether oxygens (including phenoxy) is 1. The van der Waals surface area contributed by atoms with E-state index >= 15 is 0 Å². The van der Waals surface area contributed by atoms with E-state index in [1.165, 1.54) is 5.01 Å². The second kappa shape index (κ2) is 10.2. The summed E-state index contributed by atoms with van der Waals surface area (Å²) in [6.07, 6.45) is -0.937. The van der Waals surface area contributed by atoms with Crippen molar-refractivity contribution in [1.29, 1.82) is 0 Å². The summed E-state index contributed by atoms with van der Waals surface area (Å²) in [6.45, 7) is 5.87. The van der Waals surface area contributed by atoms with Crippen LogP contribution in [0.3, 0.4) is 0 Å². The van der Waals surface area contributed by atoms with E-state index in [0.29, 0.717) is 13.0 Å². The third-order valence-electron chi connectivity index (χ3n) is 4.11. The molecule has 4 N–H and O–H groups in total. The van der Waals surface area contributed by atoms with Gasteiger partial charge in [-0.15, -0.1) is 0 Å². The molecule has 0 bridgehead atoms. The van der Waals surface area contributed by atoms with Crippen molar-refractivity contribution in [3.05, 3.63) is 71.8 Å². The average Bonchev–Trinajstić information content (AvgIpc) is 2.65. The Balaban J connectivity index is 2.01. The Bertz CT molecular complexity index is 717. The summed E-state index contributed by atoms with van der Waals surface area (Å²) in [5, 5.41) is 11.9. The lowest BCUT2D eigenvalue weighted by atomic mass is 10.0. The van der Waals surface area contributed by atoms with Gasteiger partial charge in [0, 0.05) is 12.6 Å². The Morgan fingerprint density at radius 3 is 2.14 bits per heavy atom. The smallest absolute Gasteiger partial charge is 0.424 e. The number of hydrazine groups is 1. The molecule has 0 radical (unpaired) electrons. The Kier molecular flexibility index (Phi) is 7.99. The molecule has 0 spiro atoms. The monoisotopic (exact) mass is 385 g/mol. The van der Waals surface area contributed by atoms with Crippen molar-refractivity contribution in [2.24, 2.45) is 5.73 Å². The maximum absolute atomic E-state index is 12.6. The van der Waals surface area contributed by atoms with Crippen LogP contribution in [0.2, 0.25) is 0 Å². The van der Waals surface area contributed by atoms with Crippen LogP contribution in [0.5, 0.6) is 0 Å². The molecule has 2 atom stereocenters. The van der Waals surface area contributed by atoms with E-state index in [1.54, 1.807) is 20.8 Å². The van der Waals surface area contributed by atoms with Gasteiger partial charge in [-0.25, -0.2) is 15.2 Å². The number of hydrogen-bond donors (Lipinski definition) is 3. The molecule has 2 unspecified atom stereocenters. The fraction of sp³-hybridized carbons (Fsp3) is 0.409. The Morgan fingerprint density at radius 2 is 1.61 bits per heavy atom. The van der Waals surface area contributed by atoms with Crippen LogP contribution in [0, 0.1) is 0 Å². The number of hydrogen-bond acceptors (Lipinski definition) is 5. The summed E-state index contributed by atoms with van der Waals surface area (Å²) in [6, 6.07) is 18.9. The molecule has 2 rings (SSSR count). The van der Waals surface area contributed by atoms with E-state index in [-0.39, 0.29) is 6.54 Å². The third kappa shape index (κ3) is 7.68. The first-order valence-corrected chi connectivity index (χ1v) is 9.50. The number of nitrogens with two attached hydrogens (primary N) is 1. The zero-order chi connectivity index (χ0) is 20.6. The number of nitrogens with zero attached hydrogens (tertiary/aromatic N) is 1. The first-order valence-electron chi connectivity index (χ1n) is 9.50. The highest BCUT2D eigenvalue weighted by Crippen LogP contribution is 2.11. The number of rotatable bonds is 8. The van der Waals surface area contributed by atoms with Crippen LogP contribution in [0.4, 0.5) is 4.79 Å². The number of amides is 1. The van der Waals surface area contributed by atoms with Gasteiger partial charge in [0.05, 0.1) is 12.6 Å². The lowest BCUT2D eigenvalue weighted by Crippen LogP contribution is -2.52. The van der Waals surface area contributed by atoms with Crippen LogP contribution < -0.4 is 11.2 Å². The van der Waals surface area contributed by atoms with Crippen LogP contribution >= 0.6 is 0 Å². The van der Waals surface area contributed by atoms with Gasteiger partial charge in [0.25, 0.3) is 0 Å². The summed E-state index contributed by atoms with van der Waals surface area (Å²) in [7, 11) is 0. The van der Waals surface area contributed by atoms with E-state index in [9.17, 15) is 9.90 Å². The first kappa shape index (κ1) is 21.9. The highest BCUT2D eigenvalue weighted by Gasteiger charge is 2.26. The molecule has 28 heavy (non-hydrogen) atoms. The zero-order valence-corrected chi connectivity index (χ0v) is 16.8. The van der Waals surface area contributed by atoms with Gasteiger partial charge in [-0.1, -0.05) is 60.7 Å². The minimum atomic E-state index is -0.906. The van der Waals surface area contributed by atoms with E-state index in [1.807, 2.05) is 60.7 Å². The number of aliphatic hydroxyl groups is 1. The maximum Gasteiger partial charge on any atom is 0.424 e. The second-order valence-corrected chi connectivity index (χ2v) is 7.83. The van der Waals surface area contributed by atoms with Gasteiger partial charge in [0.2, 0.25) is 0 Å². The first-order chi connectivity index (χ1) is 13.2. The molecule has 6 heteroatoms. The normalized spacial score (nSPS) is 13.6. The highest BCUT2D eigenvalue weighted by molar-refractivity contribution is 5.67. The summed E-state index contributed by atoms with van der Waals surface area (Å²) in [5.74, 6) is 0. The maximum atomic E-state index is 12.6. The zero-order valence-electron chi connectivity index (χ0n) is 16.8. The topological polar surface area (TPSA) is 87.8 Å². The molecular formula is C22H31N3O3. The molecule has 2 aromatic rings. The minimum Gasteiger partial charge on any atom is -0.443 e.